The summed E-state index contributed by atoms with van der Waals surface area (Å²) < 4.78 is 8.04. The number of nitrogens with zero attached hydrogens (tertiary/aromatic N) is 2. The summed E-state index contributed by atoms with van der Waals surface area (Å²) in [5, 5.41) is 12.1. The number of halogens is 1. The summed E-state index contributed by atoms with van der Waals surface area (Å²) in [5.41, 5.74) is 4.41. The molecule has 7 heteroatoms. The van der Waals surface area contributed by atoms with Crippen molar-refractivity contribution in [1.82, 2.24) is 4.57 Å². The normalized spacial score (nSPS) is 12.0. The molecule has 0 radical (unpaired) electrons. The van der Waals surface area contributed by atoms with Crippen LogP contribution in [0.1, 0.15) is 22.6 Å². The Balaban J connectivity index is 1.91. The van der Waals surface area contributed by atoms with Gasteiger partial charge in [-0.1, -0.05) is 46.3 Å². The number of esters is 1. The van der Waals surface area contributed by atoms with Crippen LogP contribution in [0.15, 0.2) is 77.4 Å². The van der Waals surface area contributed by atoms with Gasteiger partial charge in [0.2, 0.25) is 0 Å². The fraction of sp³-hybridized carbons (Fsp3) is 0.160. The number of fused-ring (bicyclic) bond motifs is 1. The average Bonchev–Trinajstić information content (AvgIpc) is 3.15. The van der Waals surface area contributed by atoms with E-state index in [0.717, 1.165) is 37.8 Å². The highest BCUT2D eigenvalue weighted by atomic mass is 79.9. The number of carbonyl (C=O) groups excluding carboxylic acids is 1. The van der Waals surface area contributed by atoms with Crippen molar-refractivity contribution >= 4 is 38.5 Å². The highest BCUT2D eigenvalue weighted by Crippen LogP contribution is 2.35. The first-order valence-electron chi connectivity index (χ1n) is 10.1. The highest BCUT2D eigenvalue weighted by molar-refractivity contribution is 9.10. The van der Waals surface area contributed by atoms with E-state index in [-0.39, 0.29) is 11.7 Å². The Bertz CT molecular complexity index is 1310. The van der Waals surface area contributed by atoms with Crippen molar-refractivity contribution in [1.29, 1.82) is 0 Å². The summed E-state index contributed by atoms with van der Waals surface area (Å²) in [5.74, 6) is -0.813. The summed E-state index contributed by atoms with van der Waals surface area (Å²) in [4.78, 5) is 23.6. The lowest BCUT2D eigenvalue weighted by Gasteiger charge is -2.14. The van der Waals surface area contributed by atoms with E-state index in [0.29, 0.717) is 6.42 Å². The lowest BCUT2D eigenvalue weighted by molar-refractivity contribution is -0.384. The van der Waals surface area contributed by atoms with Crippen molar-refractivity contribution in [2.75, 3.05) is 7.11 Å². The third kappa shape index (κ3) is 4.16. The van der Waals surface area contributed by atoms with Gasteiger partial charge in [0.15, 0.2) is 0 Å². The maximum Gasteiger partial charge on any atom is 0.313 e. The van der Waals surface area contributed by atoms with E-state index >= 15 is 0 Å². The minimum atomic E-state index is -0.501. The third-order valence-corrected chi connectivity index (χ3v) is 6.09. The van der Waals surface area contributed by atoms with Crippen molar-refractivity contribution < 1.29 is 14.5 Å². The van der Waals surface area contributed by atoms with Gasteiger partial charge >= 0.3 is 5.97 Å². The first-order valence-corrected chi connectivity index (χ1v) is 10.9. The molecule has 0 aliphatic carbocycles. The Kier molecular flexibility index (Phi) is 6.10. The molecular formula is C25H21BrN2O4. The molecule has 0 spiro atoms. The molecule has 4 rings (SSSR count). The number of carbonyl (C=O) groups is 1. The molecule has 0 saturated heterocycles. The number of nitro benzene ring substituents is 1. The van der Waals surface area contributed by atoms with E-state index in [1.54, 1.807) is 12.1 Å². The minimum absolute atomic E-state index is 0.0437. The largest absolute Gasteiger partial charge is 0.469 e. The molecule has 32 heavy (non-hydrogen) atoms. The van der Waals surface area contributed by atoms with Crippen LogP contribution in [0, 0.1) is 17.0 Å². The molecule has 0 bridgehead atoms. The monoisotopic (exact) mass is 492 g/mol. The molecule has 0 N–H and O–H groups in total. The molecule has 162 valence electrons. The van der Waals surface area contributed by atoms with Crippen molar-refractivity contribution in [3.8, 4) is 5.69 Å². The second-order valence-corrected chi connectivity index (χ2v) is 8.52. The Hall–Kier alpha value is -3.45. The second-order valence-electron chi connectivity index (χ2n) is 7.61. The second kappa shape index (κ2) is 8.96. The van der Waals surface area contributed by atoms with Crippen LogP contribution in [0.5, 0.6) is 0 Å². The predicted octanol–water partition coefficient (Wildman–Crippen LogP) is 6.11. The molecule has 0 saturated carbocycles. The van der Waals surface area contributed by atoms with Crippen LogP contribution in [0.2, 0.25) is 0 Å². The molecule has 1 heterocycles. The smallest absolute Gasteiger partial charge is 0.313 e. The maximum absolute atomic E-state index is 12.9. The van der Waals surface area contributed by atoms with Gasteiger partial charge in [-0.05, 0) is 54.3 Å². The van der Waals surface area contributed by atoms with Crippen molar-refractivity contribution in [3.63, 3.8) is 0 Å². The van der Waals surface area contributed by atoms with E-state index in [1.165, 1.54) is 13.2 Å². The number of aromatic nitrogens is 1. The Morgan fingerprint density at radius 2 is 1.88 bits per heavy atom. The fourth-order valence-electron chi connectivity index (χ4n) is 4.04. The topological polar surface area (TPSA) is 74.4 Å². The number of ether oxygens (including phenoxy) is 1. The van der Waals surface area contributed by atoms with E-state index in [2.05, 4.69) is 15.9 Å². The molecule has 6 nitrogen and oxygen atoms in total. The predicted molar refractivity (Wildman–Crippen MR) is 127 cm³/mol. The molecule has 0 aliphatic heterocycles. The summed E-state index contributed by atoms with van der Waals surface area (Å²) in [6.45, 7) is 1.84. The molecule has 0 amide bonds. The zero-order valence-corrected chi connectivity index (χ0v) is 19.2. The fourth-order valence-corrected chi connectivity index (χ4v) is 4.40. The molecule has 0 aliphatic rings. The lowest BCUT2D eigenvalue weighted by Crippen LogP contribution is -2.16. The Morgan fingerprint density at radius 3 is 2.53 bits per heavy atom. The van der Waals surface area contributed by atoms with Gasteiger partial charge in [0.05, 0.1) is 23.5 Å². The zero-order valence-electron chi connectivity index (χ0n) is 17.6. The quantitative estimate of drug-likeness (QED) is 0.185. The number of non-ortho nitro benzene ring substituents is 1. The van der Waals surface area contributed by atoms with Crippen LogP contribution >= 0.6 is 15.9 Å². The summed E-state index contributed by atoms with van der Waals surface area (Å²) >= 11 is 3.54. The standard InChI is InChI=1S/C25H21BrN2O4/c1-16-12-19(28(30)31)9-11-23(16)27-15-22(20-14-18(26)8-10-24(20)27)21(25(29)32-2)13-17-6-4-3-5-7-17/h3-12,14-15,21H,13H2,1-2H3. The van der Waals surface area contributed by atoms with E-state index in [1.807, 2.05) is 66.2 Å². The molecule has 4 aromatic rings. The maximum atomic E-state index is 12.9. The van der Waals surface area contributed by atoms with E-state index in [9.17, 15) is 14.9 Å². The van der Waals surface area contributed by atoms with Crippen LogP contribution in [-0.4, -0.2) is 22.6 Å². The Labute approximate surface area is 193 Å². The first kappa shape index (κ1) is 21.8. The molecule has 1 unspecified atom stereocenters. The molecular weight excluding hydrogens is 472 g/mol. The number of hydrogen-bond donors (Lipinski definition) is 0. The van der Waals surface area contributed by atoms with Gasteiger partial charge in [-0.2, -0.15) is 0 Å². The van der Waals surface area contributed by atoms with Gasteiger partial charge in [-0.3, -0.25) is 14.9 Å². The summed E-state index contributed by atoms with van der Waals surface area (Å²) in [6, 6.07) is 20.5. The minimum Gasteiger partial charge on any atom is -0.469 e. The van der Waals surface area contributed by atoms with Crippen molar-refractivity contribution in [3.05, 3.63) is 104 Å². The van der Waals surface area contributed by atoms with Gasteiger partial charge in [0.1, 0.15) is 0 Å². The van der Waals surface area contributed by atoms with Crippen LogP contribution < -0.4 is 0 Å². The van der Waals surface area contributed by atoms with Crippen LogP contribution in [0.4, 0.5) is 5.69 Å². The molecule has 1 atom stereocenters. The van der Waals surface area contributed by atoms with Gasteiger partial charge in [0.25, 0.3) is 5.69 Å². The molecule has 3 aromatic carbocycles. The van der Waals surface area contributed by atoms with Gasteiger partial charge in [-0.25, -0.2) is 0 Å². The van der Waals surface area contributed by atoms with Crippen LogP contribution in [0.3, 0.4) is 0 Å². The van der Waals surface area contributed by atoms with Crippen LogP contribution in [0.25, 0.3) is 16.6 Å². The van der Waals surface area contributed by atoms with E-state index < -0.39 is 10.8 Å². The number of hydrogen-bond acceptors (Lipinski definition) is 4. The Morgan fingerprint density at radius 1 is 1.12 bits per heavy atom. The third-order valence-electron chi connectivity index (χ3n) is 5.59. The summed E-state index contributed by atoms with van der Waals surface area (Å²) in [6.07, 6.45) is 2.44. The highest BCUT2D eigenvalue weighted by Gasteiger charge is 2.27. The number of aryl methyl sites for hydroxylation is 1. The zero-order chi connectivity index (χ0) is 22.8. The van der Waals surface area contributed by atoms with Crippen LogP contribution in [-0.2, 0) is 16.0 Å². The van der Waals surface area contributed by atoms with E-state index in [4.69, 9.17) is 4.74 Å². The average molecular weight is 493 g/mol. The molecule has 0 fully saturated rings. The number of nitro groups is 1. The van der Waals surface area contributed by atoms with Crippen molar-refractivity contribution in [2.45, 2.75) is 19.3 Å². The summed E-state index contributed by atoms with van der Waals surface area (Å²) in [7, 11) is 1.40. The number of methoxy groups -OCH3 is 1. The SMILES string of the molecule is COC(=O)C(Cc1ccccc1)c1cn(-c2ccc([N+](=O)[O-])cc2C)c2ccc(Br)cc12. The first-order chi connectivity index (χ1) is 15.4. The van der Waals surface area contributed by atoms with Crippen molar-refractivity contribution in [2.24, 2.45) is 0 Å². The number of rotatable bonds is 6. The van der Waals surface area contributed by atoms with Gasteiger partial charge < -0.3 is 9.30 Å². The molecule has 1 aromatic heterocycles. The lowest BCUT2D eigenvalue weighted by atomic mass is 9.92. The van der Waals surface area contributed by atoms with Gasteiger partial charge in [0, 0.05) is 33.9 Å². The number of benzene rings is 3. The van der Waals surface area contributed by atoms with Gasteiger partial charge in [-0.15, -0.1) is 0 Å².